The lowest BCUT2D eigenvalue weighted by atomic mass is 10.1. The standard InChI is InChI=1S/C17H16N4O2/c1-10-11(2)18-13-7-5-4-6-12(13)16(10)19-17(23)14-8-9-15(22)21(3)20-14/h4-9H,1-3H3,(H,18,19,23). The van der Waals surface area contributed by atoms with Gasteiger partial charge < -0.3 is 5.32 Å². The number of anilines is 1. The molecule has 1 N–H and O–H groups in total. The Balaban J connectivity index is 2.07. The van der Waals surface area contributed by atoms with Crippen LogP contribution >= 0.6 is 0 Å². The average molecular weight is 308 g/mol. The Morgan fingerprint density at radius 2 is 1.87 bits per heavy atom. The van der Waals surface area contributed by atoms with Gasteiger partial charge in [0.1, 0.15) is 5.69 Å². The maximum absolute atomic E-state index is 12.5. The molecule has 0 saturated carbocycles. The molecule has 2 heterocycles. The summed E-state index contributed by atoms with van der Waals surface area (Å²) in [5.41, 5.74) is 3.22. The predicted octanol–water partition coefficient (Wildman–Crippen LogP) is 2.20. The van der Waals surface area contributed by atoms with Crippen molar-refractivity contribution >= 4 is 22.5 Å². The van der Waals surface area contributed by atoms with Gasteiger partial charge in [0.2, 0.25) is 0 Å². The molecule has 23 heavy (non-hydrogen) atoms. The van der Waals surface area contributed by atoms with Crippen molar-refractivity contribution in [3.63, 3.8) is 0 Å². The van der Waals surface area contributed by atoms with Gasteiger partial charge in [-0.3, -0.25) is 14.6 Å². The van der Waals surface area contributed by atoms with Crippen LogP contribution in [0.5, 0.6) is 0 Å². The number of rotatable bonds is 2. The number of benzene rings is 1. The summed E-state index contributed by atoms with van der Waals surface area (Å²) in [6.07, 6.45) is 0. The molecule has 3 rings (SSSR count). The van der Waals surface area contributed by atoms with Gasteiger partial charge in [0.05, 0.1) is 11.2 Å². The molecule has 3 aromatic rings. The molecular formula is C17H16N4O2. The van der Waals surface area contributed by atoms with Gasteiger partial charge in [-0.15, -0.1) is 0 Å². The van der Waals surface area contributed by atoms with Gasteiger partial charge >= 0.3 is 0 Å². The number of nitrogens with one attached hydrogen (secondary N) is 1. The van der Waals surface area contributed by atoms with Crippen LogP contribution in [0, 0.1) is 13.8 Å². The normalized spacial score (nSPS) is 10.7. The van der Waals surface area contributed by atoms with E-state index in [1.165, 1.54) is 19.2 Å². The number of hydrogen-bond donors (Lipinski definition) is 1. The molecule has 0 saturated heterocycles. The first kappa shape index (κ1) is 14.9. The summed E-state index contributed by atoms with van der Waals surface area (Å²) in [7, 11) is 1.51. The van der Waals surface area contributed by atoms with Gasteiger partial charge in [-0.05, 0) is 31.5 Å². The van der Waals surface area contributed by atoms with E-state index in [0.29, 0.717) is 5.69 Å². The highest BCUT2D eigenvalue weighted by Crippen LogP contribution is 2.27. The fourth-order valence-corrected chi connectivity index (χ4v) is 2.39. The molecule has 2 aromatic heterocycles. The molecule has 6 heteroatoms. The molecule has 0 spiro atoms. The van der Waals surface area contributed by atoms with Crippen molar-refractivity contribution in [1.82, 2.24) is 14.8 Å². The Kier molecular flexibility index (Phi) is 3.65. The summed E-state index contributed by atoms with van der Waals surface area (Å²) >= 11 is 0. The van der Waals surface area contributed by atoms with Crippen LogP contribution in [0.3, 0.4) is 0 Å². The van der Waals surface area contributed by atoms with E-state index in [1.54, 1.807) is 0 Å². The third kappa shape index (κ3) is 2.70. The van der Waals surface area contributed by atoms with Crippen LogP contribution in [0.15, 0.2) is 41.2 Å². The van der Waals surface area contributed by atoms with Crippen LogP contribution in [0.4, 0.5) is 5.69 Å². The van der Waals surface area contributed by atoms with Crippen molar-refractivity contribution in [3.8, 4) is 0 Å². The van der Waals surface area contributed by atoms with Crippen molar-refractivity contribution in [2.24, 2.45) is 7.05 Å². The molecule has 0 aliphatic rings. The van der Waals surface area contributed by atoms with E-state index in [4.69, 9.17) is 0 Å². The summed E-state index contributed by atoms with van der Waals surface area (Å²) in [4.78, 5) is 28.4. The van der Waals surface area contributed by atoms with Crippen LogP contribution in [-0.2, 0) is 7.05 Å². The third-order valence-electron chi connectivity index (χ3n) is 3.81. The number of pyridine rings is 1. The Morgan fingerprint density at radius 3 is 2.61 bits per heavy atom. The van der Waals surface area contributed by atoms with Crippen LogP contribution < -0.4 is 10.9 Å². The van der Waals surface area contributed by atoms with Gasteiger partial charge in [-0.1, -0.05) is 18.2 Å². The first-order valence-electron chi connectivity index (χ1n) is 7.19. The predicted molar refractivity (Wildman–Crippen MR) is 88.6 cm³/mol. The number of carbonyl (C=O) groups excluding carboxylic acids is 1. The molecule has 0 unspecified atom stereocenters. The minimum atomic E-state index is -0.362. The highest BCUT2D eigenvalue weighted by atomic mass is 16.2. The Morgan fingerprint density at radius 1 is 1.13 bits per heavy atom. The van der Waals surface area contributed by atoms with Crippen molar-refractivity contribution in [1.29, 1.82) is 0 Å². The average Bonchev–Trinajstić information content (AvgIpc) is 2.54. The second kappa shape index (κ2) is 5.64. The number of aryl methyl sites for hydroxylation is 2. The number of hydrogen-bond acceptors (Lipinski definition) is 4. The molecule has 0 aliphatic carbocycles. The van der Waals surface area contributed by atoms with Crippen molar-refractivity contribution in [3.05, 3.63) is 63.7 Å². The first-order valence-corrected chi connectivity index (χ1v) is 7.19. The van der Waals surface area contributed by atoms with Gasteiger partial charge in [0.15, 0.2) is 0 Å². The number of aromatic nitrogens is 3. The summed E-state index contributed by atoms with van der Waals surface area (Å²) in [5.74, 6) is -0.362. The van der Waals surface area contributed by atoms with E-state index >= 15 is 0 Å². The molecule has 0 bridgehead atoms. The maximum atomic E-state index is 12.5. The van der Waals surface area contributed by atoms with E-state index in [1.807, 2.05) is 38.1 Å². The molecule has 0 atom stereocenters. The van der Waals surface area contributed by atoms with Crippen molar-refractivity contribution in [2.45, 2.75) is 13.8 Å². The third-order valence-corrected chi connectivity index (χ3v) is 3.81. The number of para-hydroxylation sites is 1. The molecule has 116 valence electrons. The zero-order valence-corrected chi connectivity index (χ0v) is 13.1. The number of amides is 1. The molecular weight excluding hydrogens is 292 g/mol. The smallest absolute Gasteiger partial charge is 0.276 e. The van der Waals surface area contributed by atoms with E-state index < -0.39 is 0 Å². The second-order valence-corrected chi connectivity index (χ2v) is 5.35. The Labute approximate surface area is 132 Å². The van der Waals surface area contributed by atoms with Crippen LogP contribution in [0.2, 0.25) is 0 Å². The fraction of sp³-hybridized carbons (Fsp3) is 0.176. The van der Waals surface area contributed by atoms with Crippen LogP contribution in [0.25, 0.3) is 10.9 Å². The lowest BCUT2D eigenvalue weighted by Gasteiger charge is -2.13. The zero-order valence-electron chi connectivity index (χ0n) is 13.1. The Hall–Kier alpha value is -3.02. The Bertz CT molecular complexity index is 976. The number of carbonyl (C=O) groups is 1. The zero-order chi connectivity index (χ0) is 16.6. The number of nitrogens with zero attached hydrogens (tertiary/aromatic N) is 3. The molecule has 1 aromatic carbocycles. The van der Waals surface area contributed by atoms with Crippen LogP contribution in [0.1, 0.15) is 21.7 Å². The summed E-state index contributed by atoms with van der Waals surface area (Å²) < 4.78 is 1.14. The summed E-state index contributed by atoms with van der Waals surface area (Å²) in [5, 5.41) is 7.75. The van der Waals surface area contributed by atoms with E-state index in [-0.39, 0.29) is 17.2 Å². The highest BCUT2D eigenvalue weighted by Gasteiger charge is 2.14. The van der Waals surface area contributed by atoms with Crippen LogP contribution in [-0.4, -0.2) is 20.7 Å². The van der Waals surface area contributed by atoms with Crippen molar-refractivity contribution < 1.29 is 4.79 Å². The van der Waals surface area contributed by atoms with Gasteiger partial charge in [-0.2, -0.15) is 5.10 Å². The number of fused-ring (bicyclic) bond motifs is 1. The van der Waals surface area contributed by atoms with E-state index in [9.17, 15) is 9.59 Å². The summed E-state index contributed by atoms with van der Waals surface area (Å²) in [6, 6.07) is 10.4. The van der Waals surface area contributed by atoms with Gasteiger partial charge in [-0.25, -0.2) is 4.68 Å². The molecule has 0 radical (unpaired) electrons. The molecule has 1 amide bonds. The quantitative estimate of drug-likeness (QED) is 0.787. The lowest BCUT2D eigenvalue weighted by molar-refractivity contribution is 0.102. The topological polar surface area (TPSA) is 76.9 Å². The SMILES string of the molecule is Cc1nc2ccccc2c(NC(=O)c2ccc(=O)n(C)n2)c1C. The second-order valence-electron chi connectivity index (χ2n) is 5.35. The first-order chi connectivity index (χ1) is 11.0. The molecule has 0 aliphatic heterocycles. The van der Waals surface area contributed by atoms with Gasteiger partial charge in [0, 0.05) is 24.2 Å². The minimum absolute atomic E-state index is 0.185. The van der Waals surface area contributed by atoms with Crippen molar-refractivity contribution in [2.75, 3.05) is 5.32 Å². The van der Waals surface area contributed by atoms with E-state index in [0.717, 1.165) is 26.8 Å². The van der Waals surface area contributed by atoms with Gasteiger partial charge in [0.25, 0.3) is 11.5 Å². The van der Waals surface area contributed by atoms with E-state index in [2.05, 4.69) is 15.4 Å². The largest absolute Gasteiger partial charge is 0.320 e. The lowest BCUT2D eigenvalue weighted by Crippen LogP contribution is -2.24. The monoisotopic (exact) mass is 308 g/mol. The molecule has 6 nitrogen and oxygen atoms in total. The maximum Gasteiger partial charge on any atom is 0.276 e. The fourth-order valence-electron chi connectivity index (χ4n) is 2.39. The minimum Gasteiger partial charge on any atom is -0.320 e. The highest BCUT2D eigenvalue weighted by molar-refractivity contribution is 6.08. The molecule has 0 fully saturated rings. The summed E-state index contributed by atoms with van der Waals surface area (Å²) in [6.45, 7) is 3.82.